The molecule has 2 aromatic rings. The van der Waals surface area contributed by atoms with Crippen LogP contribution in [0.4, 0.5) is 13.6 Å². The van der Waals surface area contributed by atoms with E-state index in [0.29, 0.717) is 12.1 Å². The fourth-order valence-electron chi connectivity index (χ4n) is 4.62. The van der Waals surface area contributed by atoms with Crippen molar-refractivity contribution >= 4 is 29.6 Å². The minimum Gasteiger partial charge on any atom is -0.410 e. The maximum absolute atomic E-state index is 15.0. The topological polar surface area (TPSA) is 147 Å². The van der Waals surface area contributed by atoms with E-state index in [1.54, 1.807) is 56.3 Å². The van der Waals surface area contributed by atoms with Crippen LogP contribution in [-0.4, -0.2) is 70.1 Å². The van der Waals surface area contributed by atoms with Gasteiger partial charge in [0.1, 0.15) is 17.8 Å². The number of likely N-dealkylation sites (tertiary alicyclic amines) is 1. The average Bonchev–Trinajstić information content (AvgIpc) is 3.47. The Morgan fingerprint density at radius 2 is 1.60 bits per heavy atom. The van der Waals surface area contributed by atoms with Crippen molar-refractivity contribution in [3.63, 3.8) is 0 Å². The minimum atomic E-state index is -4.44. The average molecular weight is 602 g/mol. The second kappa shape index (κ2) is 14.7. The highest BCUT2D eigenvalue weighted by Crippen LogP contribution is 2.24. The number of alkyl halides is 2. The summed E-state index contributed by atoms with van der Waals surface area (Å²) in [7, 11) is 0. The fraction of sp³-hybridized carbons (Fsp3) is 0.467. The van der Waals surface area contributed by atoms with E-state index in [2.05, 4.69) is 15.6 Å². The lowest BCUT2D eigenvalue weighted by atomic mass is 9.94. The number of pyridine rings is 1. The molecule has 0 bridgehead atoms. The van der Waals surface area contributed by atoms with Crippen LogP contribution in [-0.2, 0) is 25.7 Å². The van der Waals surface area contributed by atoms with Gasteiger partial charge in [0.05, 0.1) is 18.3 Å². The van der Waals surface area contributed by atoms with Crippen LogP contribution in [0.15, 0.2) is 54.7 Å². The molecular formula is C30H37F2N5O6. The number of amides is 4. The first kappa shape index (κ1) is 33.1. The number of ether oxygens (including phenoxy) is 1. The molecule has 1 aromatic heterocycles. The van der Waals surface area contributed by atoms with Crippen LogP contribution < -0.4 is 20.7 Å². The molecule has 3 atom stereocenters. The molecule has 4 amide bonds. The molecule has 232 valence electrons. The Morgan fingerprint density at radius 1 is 0.953 bits per heavy atom. The number of para-hydroxylation sites is 1. The van der Waals surface area contributed by atoms with Crippen molar-refractivity contribution in [2.24, 2.45) is 11.8 Å². The molecule has 11 nitrogen and oxygen atoms in total. The number of hydrogen-bond donors (Lipinski definition) is 3. The van der Waals surface area contributed by atoms with E-state index in [0.717, 1.165) is 0 Å². The molecule has 43 heavy (non-hydrogen) atoms. The van der Waals surface area contributed by atoms with E-state index in [1.165, 1.54) is 31.0 Å². The highest BCUT2D eigenvalue weighted by atomic mass is 19.3. The smallest absolute Gasteiger partial charge is 0.410 e. The zero-order chi connectivity index (χ0) is 31.7. The van der Waals surface area contributed by atoms with Gasteiger partial charge in [0.15, 0.2) is 0 Å². The Morgan fingerprint density at radius 3 is 2.21 bits per heavy atom. The van der Waals surface area contributed by atoms with Crippen molar-refractivity contribution in [2.75, 3.05) is 6.54 Å². The number of carbonyl (C=O) groups excluding carboxylic acids is 5. The summed E-state index contributed by atoms with van der Waals surface area (Å²) in [6.07, 6.45) is 1.24. The van der Waals surface area contributed by atoms with Crippen molar-refractivity contribution in [3.8, 4) is 5.75 Å². The van der Waals surface area contributed by atoms with Crippen LogP contribution in [0.2, 0.25) is 0 Å². The van der Waals surface area contributed by atoms with Gasteiger partial charge in [-0.1, -0.05) is 52.0 Å². The largest absolute Gasteiger partial charge is 0.413 e. The first-order chi connectivity index (χ1) is 20.3. The number of nitrogens with one attached hydrogen (secondary N) is 3. The Balaban J connectivity index is 1.68. The summed E-state index contributed by atoms with van der Waals surface area (Å²) >= 11 is 0. The Kier molecular flexibility index (Phi) is 11.3. The summed E-state index contributed by atoms with van der Waals surface area (Å²) in [5, 5.41) is 6.92. The maximum atomic E-state index is 15.0. The second-order valence-electron chi connectivity index (χ2n) is 10.9. The number of halogens is 2. The summed E-state index contributed by atoms with van der Waals surface area (Å²) in [6, 6.07) is 9.22. The summed E-state index contributed by atoms with van der Waals surface area (Å²) in [6.45, 7) is 6.21. The number of nitrogens with zero attached hydrogens (tertiary/aromatic N) is 2. The third-order valence-electron chi connectivity index (χ3n) is 7.00. The molecule has 1 aromatic carbocycles. The molecule has 1 aliphatic heterocycles. The van der Waals surface area contributed by atoms with Gasteiger partial charge in [-0.2, -0.15) is 8.78 Å². The van der Waals surface area contributed by atoms with Crippen LogP contribution in [0.25, 0.3) is 0 Å². The summed E-state index contributed by atoms with van der Waals surface area (Å²) in [4.78, 5) is 69.8. The molecular weight excluding hydrogens is 564 g/mol. The van der Waals surface area contributed by atoms with Crippen molar-refractivity contribution in [1.29, 1.82) is 0 Å². The van der Waals surface area contributed by atoms with Gasteiger partial charge in [0.2, 0.25) is 17.6 Å². The van der Waals surface area contributed by atoms with E-state index in [9.17, 15) is 32.8 Å². The molecule has 0 aliphatic carbocycles. The molecule has 1 fully saturated rings. The number of carbonyl (C=O) groups is 5. The van der Waals surface area contributed by atoms with E-state index in [1.807, 2.05) is 5.32 Å². The number of rotatable bonds is 12. The quantitative estimate of drug-likeness (QED) is 0.317. The van der Waals surface area contributed by atoms with Gasteiger partial charge in [-0.15, -0.1) is 0 Å². The molecule has 0 radical (unpaired) electrons. The standard InChI is InChI=1S/C30H37F2N5O6/c1-18(2)23(25(38)30(31,32)28(41)34-17-20-11-8-9-15-33-20)35-26(39)22-14-10-16-37(22)27(40)24(19(3)4)36-29(42)43-21-12-6-5-7-13-21/h5-9,11-13,15,18-19,22-24H,10,14,16-17H2,1-4H3,(H,34,41)(H,35,39)(H,36,42)/t22-,23-,24-/m0/s1. The lowest BCUT2D eigenvalue weighted by molar-refractivity contribution is -0.161. The number of benzene rings is 1. The summed E-state index contributed by atoms with van der Waals surface area (Å²) < 4.78 is 35.2. The van der Waals surface area contributed by atoms with Gasteiger partial charge < -0.3 is 25.6 Å². The lowest BCUT2D eigenvalue weighted by Crippen LogP contribution is -2.60. The minimum absolute atomic E-state index is 0.182. The van der Waals surface area contributed by atoms with Gasteiger partial charge in [-0.25, -0.2) is 4.79 Å². The second-order valence-corrected chi connectivity index (χ2v) is 10.9. The van der Waals surface area contributed by atoms with Gasteiger partial charge in [0, 0.05) is 12.7 Å². The van der Waals surface area contributed by atoms with Gasteiger partial charge in [0.25, 0.3) is 5.91 Å². The molecule has 1 saturated heterocycles. The van der Waals surface area contributed by atoms with Crippen molar-refractivity contribution in [1.82, 2.24) is 25.8 Å². The van der Waals surface area contributed by atoms with Crippen LogP contribution in [0, 0.1) is 11.8 Å². The first-order valence-corrected chi connectivity index (χ1v) is 14.1. The predicted octanol–water partition coefficient (Wildman–Crippen LogP) is 2.85. The number of hydrogen-bond acceptors (Lipinski definition) is 7. The Bertz CT molecular complexity index is 1290. The highest BCUT2D eigenvalue weighted by Gasteiger charge is 2.51. The molecule has 3 N–H and O–H groups in total. The molecule has 0 unspecified atom stereocenters. The lowest BCUT2D eigenvalue weighted by Gasteiger charge is -2.32. The Hall–Kier alpha value is -4.42. The Labute approximate surface area is 248 Å². The van der Waals surface area contributed by atoms with Gasteiger partial charge in [-0.05, 0) is 48.9 Å². The fourth-order valence-corrected chi connectivity index (χ4v) is 4.62. The number of ketones is 1. The van der Waals surface area contributed by atoms with E-state index < -0.39 is 59.6 Å². The molecule has 0 spiro atoms. The predicted molar refractivity (Wildman–Crippen MR) is 152 cm³/mol. The van der Waals surface area contributed by atoms with E-state index >= 15 is 0 Å². The van der Waals surface area contributed by atoms with Gasteiger partial charge >= 0.3 is 12.0 Å². The maximum Gasteiger partial charge on any atom is 0.413 e. The number of aromatic nitrogens is 1. The molecule has 2 heterocycles. The normalized spacial score (nSPS) is 16.4. The van der Waals surface area contributed by atoms with Crippen LogP contribution in [0.5, 0.6) is 5.75 Å². The zero-order valence-electron chi connectivity index (χ0n) is 24.5. The SMILES string of the molecule is CC(C)[C@H](NC(=O)Oc1ccccc1)C(=O)N1CCC[C@H]1C(=O)N[C@H](C(=O)C(F)(F)C(=O)NCc1ccccn1)C(C)C. The summed E-state index contributed by atoms with van der Waals surface area (Å²) in [5.41, 5.74) is 0.321. The van der Waals surface area contributed by atoms with Crippen LogP contribution in [0.3, 0.4) is 0 Å². The van der Waals surface area contributed by atoms with Crippen LogP contribution in [0.1, 0.15) is 46.2 Å². The van der Waals surface area contributed by atoms with E-state index in [4.69, 9.17) is 4.74 Å². The van der Waals surface area contributed by atoms with E-state index in [-0.39, 0.29) is 31.2 Å². The van der Waals surface area contributed by atoms with Crippen molar-refractivity contribution < 1.29 is 37.5 Å². The molecule has 1 aliphatic rings. The highest BCUT2D eigenvalue weighted by molar-refractivity contribution is 6.10. The monoisotopic (exact) mass is 601 g/mol. The zero-order valence-corrected chi connectivity index (χ0v) is 24.5. The summed E-state index contributed by atoms with van der Waals surface area (Å²) in [5.74, 6) is -10.3. The van der Waals surface area contributed by atoms with Crippen LogP contribution >= 0.6 is 0 Å². The first-order valence-electron chi connectivity index (χ1n) is 14.1. The van der Waals surface area contributed by atoms with Gasteiger partial charge in [-0.3, -0.25) is 24.2 Å². The third-order valence-corrected chi connectivity index (χ3v) is 7.00. The van der Waals surface area contributed by atoms with Crippen molar-refractivity contribution in [2.45, 2.75) is 71.1 Å². The number of Topliss-reactive ketones (excluding diaryl/α,β-unsaturated/α-hetero) is 1. The van der Waals surface area contributed by atoms with Crippen molar-refractivity contribution in [3.05, 3.63) is 60.4 Å². The third kappa shape index (κ3) is 8.55. The molecule has 13 heteroatoms. The molecule has 0 saturated carbocycles. The molecule has 3 rings (SSSR count).